The second-order valence-electron chi connectivity index (χ2n) is 4.95. The van der Waals surface area contributed by atoms with Crippen LogP contribution in [0.2, 0.25) is 0 Å². The predicted octanol–water partition coefficient (Wildman–Crippen LogP) is 5.62. The van der Waals surface area contributed by atoms with Crippen LogP contribution in [-0.4, -0.2) is 16.7 Å². The van der Waals surface area contributed by atoms with Crippen LogP contribution in [0.15, 0.2) is 30.3 Å². The number of hydrogen-bond donors (Lipinski definition) is 0. The molecule has 1 aromatic rings. The monoisotopic (exact) mass is 310 g/mol. The lowest BCUT2D eigenvalue weighted by Crippen LogP contribution is -2.01. The van der Waals surface area contributed by atoms with E-state index < -0.39 is 0 Å². The van der Waals surface area contributed by atoms with Crippen LogP contribution < -0.4 is 0 Å². The van der Waals surface area contributed by atoms with Crippen molar-refractivity contribution in [1.29, 1.82) is 0 Å². The van der Waals surface area contributed by atoms with Gasteiger partial charge in [0.25, 0.3) is 0 Å². The van der Waals surface area contributed by atoms with Crippen LogP contribution in [0.5, 0.6) is 0 Å². The molecule has 0 saturated carbocycles. The minimum Gasteiger partial charge on any atom is -0.479 e. The maximum atomic E-state index is 5.59. The Morgan fingerprint density at radius 1 is 1.05 bits per heavy atom. The van der Waals surface area contributed by atoms with Crippen LogP contribution >= 0.6 is 24.0 Å². The first-order valence-electron chi connectivity index (χ1n) is 7.66. The van der Waals surface area contributed by atoms with E-state index in [1.165, 1.54) is 37.7 Å². The summed E-state index contributed by atoms with van der Waals surface area (Å²) < 4.78 is 6.30. The lowest BCUT2D eigenvalue weighted by Gasteiger charge is -2.07. The van der Waals surface area contributed by atoms with E-state index in [9.17, 15) is 0 Å². The maximum absolute atomic E-state index is 5.59. The fraction of sp³-hybridized carbons (Fsp3) is 0.588. The summed E-state index contributed by atoms with van der Waals surface area (Å²) in [6, 6.07) is 10.5. The highest BCUT2D eigenvalue weighted by molar-refractivity contribution is 8.22. The van der Waals surface area contributed by atoms with E-state index in [-0.39, 0.29) is 0 Å². The van der Waals surface area contributed by atoms with E-state index >= 15 is 0 Å². The Kier molecular flexibility index (Phi) is 10.7. The van der Waals surface area contributed by atoms with E-state index in [1.54, 1.807) is 11.8 Å². The zero-order valence-corrected chi connectivity index (χ0v) is 14.1. The maximum Gasteiger partial charge on any atom is 0.219 e. The third-order valence-corrected chi connectivity index (χ3v) is 4.46. The quantitative estimate of drug-likeness (QED) is 0.410. The van der Waals surface area contributed by atoms with Crippen LogP contribution in [0.1, 0.15) is 51.0 Å². The molecule has 0 atom stereocenters. The van der Waals surface area contributed by atoms with E-state index in [2.05, 4.69) is 31.2 Å². The minimum atomic E-state index is 0.716. The average molecular weight is 311 g/mol. The Hall–Kier alpha value is -0.540. The second-order valence-corrected chi connectivity index (χ2v) is 6.65. The molecule has 0 radical (unpaired) electrons. The number of unbranched alkanes of at least 4 members (excludes halogenated alkanes) is 4. The molecule has 0 unspecified atom stereocenters. The molecule has 0 aliphatic carbocycles. The van der Waals surface area contributed by atoms with Gasteiger partial charge >= 0.3 is 0 Å². The number of thioether (sulfide) groups is 1. The summed E-state index contributed by atoms with van der Waals surface area (Å²) >= 11 is 6.92. The van der Waals surface area contributed by atoms with Crippen molar-refractivity contribution < 1.29 is 4.74 Å². The van der Waals surface area contributed by atoms with E-state index in [1.807, 2.05) is 6.07 Å². The molecular weight excluding hydrogens is 284 g/mol. The molecule has 1 aromatic carbocycles. The zero-order valence-electron chi connectivity index (χ0n) is 12.5. The van der Waals surface area contributed by atoms with Crippen LogP contribution in [0.3, 0.4) is 0 Å². The predicted molar refractivity (Wildman–Crippen MR) is 94.5 cm³/mol. The van der Waals surface area contributed by atoms with Crippen molar-refractivity contribution in [2.24, 2.45) is 0 Å². The number of rotatable bonds is 10. The van der Waals surface area contributed by atoms with Crippen molar-refractivity contribution >= 4 is 28.4 Å². The first-order valence-corrected chi connectivity index (χ1v) is 9.05. The van der Waals surface area contributed by atoms with Crippen molar-refractivity contribution in [2.45, 2.75) is 51.9 Å². The number of benzene rings is 1. The molecule has 20 heavy (non-hydrogen) atoms. The number of aryl methyl sites for hydroxylation is 1. The van der Waals surface area contributed by atoms with Gasteiger partial charge in [0.15, 0.2) is 0 Å². The summed E-state index contributed by atoms with van der Waals surface area (Å²) in [5.41, 5.74) is 1.37. The molecule has 0 amide bonds. The van der Waals surface area contributed by atoms with E-state index in [0.717, 1.165) is 25.2 Å². The van der Waals surface area contributed by atoms with Gasteiger partial charge in [0.05, 0.1) is 6.61 Å². The molecule has 0 aliphatic rings. The summed E-state index contributed by atoms with van der Waals surface area (Å²) in [7, 11) is 0. The molecule has 0 spiro atoms. The van der Waals surface area contributed by atoms with Gasteiger partial charge in [-0.05, 0) is 37.0 Å². The fourth-order valence-corrected chi connectivity index (χ4v) is 2.99. The topological polar surface area (TPSA) is 9.23 Å². The number of hydrogen-bond acceptors (Lipinski definition) is 3. The van der Waals surface area contributed by atoms with Crippen molar-refractivity contribution in [3.63, 3.8) is 0 Å². The van der Waals surface area contributed by atoms with Gasteiger partial charge in [-0.3, -0.25) is 0 Å². The van der Waals surface area contributed by atoms with Gasteiger partial charge < -0.3 is 4.74 Å². The highest BCUT2D eigenvalue weighted by Crippen LogP contribution is 2.12. The van der Waals surface area contributed by atoms with Crippen LogP contribution in [-0.2, 0) is 11.2 Å². The van der Waals surface area contributed by atoms with Gasteiger partial charge in [-0.2, -0.15) is 0 Å². The largest absolute Gasteiger partial charge is 0.479 e. The van der Waals surface area contributed by atoms with Gasteiger partial charge in [-0.15, -0.1) is 0 Å². The van der Waals surface area contributed by atoms with Crippen LogP contribution in [0.25, 0.3) is 0 Å². The van der Waals surface area contributed by atoms with Crippen molar-refractivity contribution in [3.8, 4) is 0 Å². The Balaban J connectivity index is 1.92. The van der Waals surface area contributed by atoms with Crippen LogP contribution in [0, 0.1) is 0 Å². The third-order valence-electron chi connectivity index (χ3n) is 3.14. The van der Waals surface area contributed by atoms with Crippen LogP contribution in [0.4, 0.5) is 0 Å². The van der Waals surface area contributed by atoms with Gasteiger partial charge in [0.2, 0.25) is 4.38 Å². The Bertz CT molecular complexity index is 351. The molecular formula is C17H26OS2. The van der Waals surface area contributed by atoms with Gasteiger partial charge in [-0.25, -0.2) is 0 Å². The zero-order chi connectivity index (χ0) is 14.5. The molecule has 0 aromatic heterocycles. The SMILES string of the molecule is CCCCCCCSC(=S)OCCCc1ccccc1. The standard InChI is InChI=1S/C17H26OS2/c1-2-3-4-5-9-15-20-17(19)18-14-10-13-16-11-7-6-8-12-16/h6-8,11-12H,2-5,9-10,13-15H2,1H3. The second kappa shape index (κ2) is 12.2. The molecule has 1 nitrogen and oxygen atoms in total. The molecule has 0 bridgehead atoms. The molecule has 112 valence electrons. The summed E-state index contributed by atoms with van der Waals surface area (Å²) in [4.78, 5) is 0. The highest BCUT2D eigenvalue weighted by atomic mass is 32.2. The molecule has 0 saturated heterocycles. The lowest BCUT2D eigenvalue weighted by molar-refractivity contribution is 0.315. The van der Waals surface area contributed by atoms with E-state index in [4.69, 9.17) is 17.0 Å². The van der Waals surface area contributed by atoms with Gasteiger partial charge in [0.1, 0.15) is 0 Å². The smallest absolute Gasteiger partial charge is 0.219 e. The molecule has 3 heteroatoms. The van der Waals surface area contributed by atoms with Crippen molar-refractivity contribution in [3.05, 3.63) is 35.9 Å². The van der Waals surface area contributed by atoms with E-state index in [0.29, 0.717) is 4.38 Å². The number of thiocarbonyl (C=S) groups is 1. The Labute approximate surface area is 133 Å². The molecule has 0 N–H and O–H groups in total. The molecule has 0 aliphatic heterocycles. The van der Waals surface area contributed by atoms with Gasteiger partial charge in [0, 0.05) is 5.75 Å². The van der Waals surface area contributed by atoms with Crippen molar-refractivity contribution in [2.75, 3.05) is 12.4 Å². The first-order chi connectivity index (χ1) is 9.83. The molecule has 1 rings (SSSR count). The number of ether oxygens (including phenoxy) is 1. The molecule has 0 fully saturated rings. The Morgan fingerprint density at radius 3 is 2.55 bits per heavy atom. The lowest BCUT2D eigenvalue weighted by atomic mass is 10.1. The fourth-order valence-electron chi connectivity index (χ4n) is 1.98. The summed E-state index contributed by atoms with van der Waals surface area (Å²) in [5.74, 6) is 1.10. The van der Waals surface area contributed by atoms with Crippen molar-refractivity contribution in [1.82, 2.24) is 0 Å². The summed E-state index contributed by atoms with van der Waals surface area (Å²) in [6.45, 7) is 2.98. The third kappa shape index (κ3) is 9.38. The van der Waals surface area contributed by atoms with Gasteiger partial charge in [-0.1, -0.05) is 74.7 Å². The Morgan fingerprint density at radius 2 is 1.80 bits per heavy atom. The normalized spacial score (nSPS) is 10.4. The summed E-state index contributed by atoms with van der Waals surface area (Å²) in [6.07, 6.45) is 8.66. The summed E-state index contributed by atoms with van der Waals surface area (Å²) in [5, 5.41) is 0. The first kappa shape index (κ1) is 17.5. The average Bonchev–Trinajstić information content (AvgIpc) is 2.48. The molecule has 0 heterocycles. The minimum absolute atomic E-state index is 0.716. The highest BCUT2D eigenvalue weighted by Gasteiger charge is 1.99.